The van der Waals surface area contributed by atoms with E-state index in [1.807, 2.05) is 26.8 Å². The normalized spacial score (nSPS) is 11.5. The molecule has 152 valence electrons. The number of anilines is 1. The van der Waals surface area contributed by atoms with E-state index in [4.69, 9.17) is 4.74 Å². The molecule has 2 aromatic rings. The molecule has 2 rings (SSSR count). The quantitative estimate of drug-likeness (QED) is 0.759. The molecular weight excluding hydrogens is 356 g/mol. The number of hydrogen-bond acceptors (Lipinski definition) is 5. The SMILES string of the molecule is CCN(CC)CCNC(=O)c1ccc2cc(NC(=O)OC(C)(C)C)ccc2n1. The molecule has 1 aromatic carbocycles. The van der Waals surface area contributed by atoms with E-state index in [1.165, 1.54) is 0 Å². The van der Waals surface area contributed by atoms with Crippen LogP contribution in [0.25, 0.3) is 10.9 Å². The summed E-state index contributed by atoms with van der Waals surface area (Å²) in [4.78, 5) is 30.9. The number of carbonyl (C=O) groups excluding carboxylic acids is 2. The molecule has 0 aliphatic rings. The lowest BCUT2D eigenvalue weighted by molar-refractivity contribution is 0.0635. The van der Waals surface area contributed by atoms with Gasteiger partial charge in [0.1, 0.15) is 11.3 Å². The molecule has 0 saturated heterocycles. The van der Waals surface area contributed by atoms with Crippen LogP contribution in [0.15, 0.2) is 30.3 Å². The van der Waals surface area contributed by atoms with E-state index in [0.717, 1.165) is 25.0 Å². The van der Waals surface area contributed by atoms with Crippen molar-refractivity contribution in [2.45, 2.75) is 40.2 Å². The first-order chi connectivity index (χ1) is 13.2. The van der Waals surface area contributed by atoms with Crippen LogP contribution in [0, 0.1) is 0 Å². The summed E-state index contributed by atoms with van der Waals surface area (Å²) in [6.45, 7) is 12.9. The highest BCUT2D eigenvalue weighted by Crippen LogP contribution is 2.19. The fourth-order valence-electron chi connectivity index (χ4n) is 2.71. The lowest BCUT2D eigenvalue weighted by Gasteiger charge is -2.19. The number of hydrogen-bond donors (Lipinski definition) is 2. The number of nitrogens with one attached hydrogen (secondary N) is 2. The molecule has 0 atom stereocenters. The fourth-order valence-corrected chi connectivity index (χ4v) is 2.71. The maximum atomic E-state index is 12.3. The molecule has 2 N–H and O–H groups in total. The van der Waals surface area contributed by atoms with Crippen LogP contribution >= 0.6 is 0 Å². The van der Waals surface area contributed by atoms with Gasteiger partial charge in [-0.1, -0.05) is 19.9 Å². The topological polar surface area (TPSA) is 83.6 Å². The van der Waals surface area contributed by atoms with Crippen molar-refractivity contribution in [2.75, 3.05) is 31.5 Å². The molecule has 0 radical (unpaired) electrons. The highest BCUT2D eigenvalue weighted by Gasteiger charge is 2.16. The van der Waals surface area contributed by atoms with E-state index in [2.05, 4.69) is 34.4 Å². The van der Waals surface area contributed by atoms with Gasteiger partial charge in [0.05, 0.1) is 5.52 Å². The Labute approximate surface area is 166 Å². The lowest BCUT2D eigenvalue weighted by Crippen LogP contribution is -2.35. The lowest BCUT2D eigenvalue weighted by atomic mass is 10.1. The Hall–Kier alpha value is -2.67. The van der Waals surface area contributed by atoms with Gasteiger partial charge < -0.3 is 15.0 Å². The van der Waals surface area contributed by atoms with Crippen LogP contribution in [0.2, 0.25) is 0 Å². The third-order valence-electron chi connectivity index (χ3n) is 4.18. The van der Waals surface area contributed by atoms with Crippen molar-refractivity contribution >= 4 is 28.6 Å². The summed E-state index contributed by atoms with van der Waals surface area (Å²) in [6.07, 6.45) is -0.510. The summed E-state index contributed by atoms with van der Waals surface area (Å²) >= 11 is 0. The standard InChI is InChI=1S/C21H30N4O3/c1-6-25(7-2)13-12-22-19(26)18-10-8-15-14-16(9-11-17(15)24-18)23-20(27)28-21(3,4)5/h8-11,14H,6-7,12-13H2,1-5H3,(H,22,26)(H,23,27). The maximum absolute atomic E-state index is 12.3. The van der Waals surface area contributed by atoms with Crippen LogP contribution in [0.1, 0.15) is 45.1 Å². The Morgan fingerprint density at radius 1 is 1.11 bits per heavy atom. The third kappa shape index (κ3) is 6.49. The summed E-state index contributed by atoms with van der Waals surface area (Å²) in [5.41, 5.74) is 1.11. The van der Waals surface area contributed by atoms with Crippen LogP contribution in [0.5, 0.6) is 0 Å². The van der Waals surface area contributed by atoms with Crippen molar-refractivity contribution in [3.63, 3.8) is 0 Å². The monoisotopic (exact) mass is 386 g/mol. The average molecular weight is 386 g/mol. The highest BCUT2D eigenvalue weighted by atomic mass is 16.6. The Bertz CT molecular complexity index is 826. The molecule has 0 fully saturated rings. The first kappa shape index (κ1) is 21.6. The van der Waals surface area contributed by atoms with E-state index in [9.17, 15) is 9.59 Å². The van der Waals surface area contributed by atoms with Gasteiger partial charge in [0.15, 0.2) is 0 Å². The molecule has 0 bridgehead atoms. The minimum absolute atomic E-state index is 0.190. The number of rotatable bonds is 7. The number of nitrogens with zero attached hydrogens (tertiary/aromatic N) is 2. The van der Waals surface area contributed by atoms with E-state index in [-0.39, 0.29) is 5.91 Å². The molecule has 1 heterocycles. The predicted octanol–water partition coefficient (Wildman–Crippen LogP) is 3.65. The van der Waals surface area contributed by atoms with E-state index >= 15 is 0 Å². The summed E-state index contributed by atoms with van der Waals surface area (Å²) < 4.78 is 5.25. The number of benzene rings is 1. The largest absolute Gasteiger partial charge is 0.444 e. The number of pyridine rings is 1. The zero-order valence-electron chi connectivity index (χ0n) is 17.3. The Balaban J connectivity index is 2.02. The Morgan fingerprint density at radius 3 is 2.46 bits per heavy atom. The van der Waals surface area contributed by atoms with Crippen molar-refractivity contribution in [2.24, 2.45) is 0 Å². The van der Waals surface area contributed by atoms with Gasteiger partial charge >= 0.3 is 6.09 Å². The highest BCUT2D eigenvalue weighted by molar-refractivity contribution is 5.96. The van der Waals surface area contributed by atoms with E-state index in [1.54, 1.807) is 24.3 Å². The summed E-state index contributed by atoms with van der Waals surface area (Å²) in [5, 5.41) is 6.44. The molecule has 2 amide bonds. The molecule has 0 aliphatic carbocycles. The third-order valence-corrected chi connectivity index (χ3v) is 4.18. The van der Waals surface area contributed by atoms with Gasteiger partial charge in [-0.2, -0.15) is 0 Å². The van der Waals surface area contributed by atoms with Crippen LogP contribution in [-0.2, 0) is 4.74 Å². The zero-order valence-corrected chi connectivity index (χ0v) is 17.3. The summed E-state index contributed by atoms with van der Waals surface area (Å²) in [5.74, 6) is -0.190. The number of likely N-dealkylation sites (N-methyl/N-ethyl adjacent to an activating group) is 1. The molecule has 1 aromatic heterocycles. The van der Waals surface area contributed by atoms with Gasteiger partial charge in [-0.05, 0) is 58.1 Å². The number of amides is 2. The van der Waals surface area contributed by atoms with Crippen LogP contribution in [0.3, 0.4) is 0 Å². The van der Waals surface area contributed by atoms with Crippen molar-refractivity contribution in [1.82, 2.24) is 15.2 Å². The van der Waals surface area contributed by atoms with Crippen molar-refractivity contribution in [3.8, 4) is 0 Å². The van der Waals surface area contributed by atoms with Gasteiger partial charge in [0.2, 0.25) is 0 Å². The molecule has 0 aliphatic heterocycles. The van der Waals surface area contributed by atoms with E-state index in [0.29, 0.717) is 23.4 Å². The number of fused-ring (bicyclic) bond motifs is 1. The molecule has 0 spiro atoms. The predicted molar refractivity (Wildman–Crippen MR) is 112 cm³/mol. The van der Waals surface area contributed by atoms with Gasteiger partial charge in [-0.15, -0.1) is 0 Å². The molecule has 7 nitrogen and oxygen atoms in total. The number of aromatic nitrogens is 1. The van der Waals surface area contributed by atoms with Crippen LogP contribution < -0.4 is 10.6 Å². The second kappa shape index (κ2) is 9.50. The number of ether oxygens (including phenoxy) is 1. The Kier molecular flexibility index (Phi) is 7.34. The minimum atomic E-state index is -0.559. The first-order valence-electron chi connectivity index (χ1n) is 9.63. The molecule has 0 saturated carbocycles. The zero-order chi connectivity index (χ0) is 20.7. The molecule has 7 heteroatoms. The van der Waals surface area contributed by atoms with Crippen molar-refractivity contribution in [1.29, 1.82) is 0 Å². The van der Waals surface area contributed by atoms with E-state index < -0.39 is 11.7 Å². The number of carbonyl (C=O) groups is 2. The summed E-state index contributed by atoms with van der Waals surface area (Å²) in [6, 6.07) is 8.82. The minimum Gasteiger partial charge on any atom is -0.444 e. The molecule has 0 unspecified atom stereocenters. The van der Waals surface area contributed by atoms with Crippen molar-refractivity contribution in [3.05, 3.63) is 36.0 Å². The smallest absolute Gasteiger partial charge is 0.412 e. The van der Waals surface area contributed by atoms with Gasteiger partial charge in [-0.3, -0.25) is 10.1 Å². The van der Waals surface area contributed by atoms with Crippen molar-refractivity contribution < 1.29 is 14.3 Å². The van der Waals surface area contributed by atoms with Gasteiger partial charge in [0.25, 0.3) is 5.91 Å². The fraction of sp³-hybridized carbons (Fsp3) is 0.476. The second-order valence-corrected chi connectivity index (χ2v) is 7.51. The van der Waals surface area contributed by atoms with Gasteiger partial charge in [0, 0.05) is 24.2 Å². The summed E-state index contributed by atoms with van der Waals surface area (Å²) in [7, 11) is 0. The average Bonchev–Trinajstić information content (AvgIpc) is 2.63. The van der Waals surface area contributed by atoms with Crippen LogP contribution in [0.4, 0.5) is 10.5 Å². The molecular formula is C21H30N4O3. The second-order valence-electron chi connectivity index (χ2n) is 7.51. The maximum Gasteiger partial charge on any atom is 0.412 e. The van der Waals surface area contributed by atoms with Crippen LogP contribution in [-0.4, -0.2) is 53.7 Å². The van der Waals surface area contributed by atoms with Gasteiger partial charge in [-0.25, -0.2) is 9.78 Å². The Morgan fingerprint density at radius 2 is 1.82 bits per heavy atom. The first-order valence-corrected chi connectivity index (χ1v) is 9.63. The molecule has 28 heavy (non-hydrogen) atoms.